The number of fused-ring (bicyclic) bond motifs is 1. The number of methoxy groups -OCH3 is 2. The molecule has 4 rings (SSSR count). The second-order valence-corrected chi connectivity index (χ2v) is 7.23. The van der Waals surface area contributed by atoms with Crippen molar-refractivity contribution in [2.24, 2.45) is 0 Å². The van der Waals surface area contributed by atoms with Gasteiger partial charge in [-0.1, -0.05) is 18.2 Å². The van der Waals surface area contributed by atoms with Crippen LogP contribution in [-0.4, -0.2) is 36.4 Å². The van der Waals surface area contributed by atoms with Gasteiger partial charge in [0.2, 0.25) is 0 Å². The zero-order valence-corrected chi connectivity index (χ0v) is 16.7. The van der Waals surface area contributed by atoms with Gasteiger partial charge in [-0.15, -0.1) is 0 Å². The molecule has 1 saturated heterocycles. The number of aromatic nitrogens is 2. The summed E-state index contributed by atoms with van der Waals surface area (Å²) in [5, 5.41) is 3.89. The van der Waals surface area contributed by atoms with Crippen molar-refractivity contribution in [2.75, 3.05) is 27.3 Å². The number of nitrogens with zero attached hydrogens (tertiary/aromatic N) is 2. The van der Waals surface area contributed by atoms with Crippen LogP contribution in [0.4, 0.5) is 0 Å². The standard InChI is InChI=1S/C22H25N3O4/c1-28-19-8-7-15(13-20(19)29-2)14-24-21(26)17-5-3-4-6-18(17)25(22(24)27)16-9-11-23-12-10-16/h3-8,13,16,23H,9-12,14H2,1-2H3. The molecule has 1 aliphatic heterocycles. The first-order chi connectivity index (χ1) is 14.1. The van der Waals surface area contributed by atoms with Crippen molar-refractivity contribution in [1.29, 1.82) is 0 Å². The Labute approximate surface area is 168 Å². The average molecular weight is 395 g/mol. The predicted molar refractivity (Wildman–Crippen MR) is 112 cm³/mol. The summed E-state index contributed by atoms with van der Waals surface area (Å²) in [6.45, 7) is 1.90. The van der Waals surface area contributed by atoms with Gasteiger partial charge in [-0.25, -0.2) is 4.79 Å². The molecular formula is C22H25N3O4. The van der Waals surface area contributed by atoms with Crippen molar-refractivity contribution in [3.05, 3.63) is 68.9 Å². The van der Waals surface area contributed by atoms with Gasteiger partial charge >= 0.3 is 5.69 Å². The Morgan fingerprint density at radius 1 is 1.00 bits per heavy atom. The molecule has 2 aromatic carbocycles. The van der Waals surface area contributed by atoms with E-state index in [1.807, 2.05) is 24.3 Å². The maximum Gasteiger partial charge on any atom is 0.332 e. The molecule has 0 saturated carbocycles. The molecule has 0 spiro atoms. The van der Waals surface area contributed by atoms with Crippen LogP contribution in [0.3, 0.4) is 0 Å². The van der Waals surface area contributed by atoms with Crippen LogP contribution in [-0.2, 0) is 6.54 Å². The summed E-state index contributed by atoms with van der Waals surface area (Å²) in [4.78, 5) is 26.6. The van der Waals surface area contributed by atoms with Crippen LogP contribution >= 0.6 is 0 Å². The number of piperidine rings is 1. The van der Waals surface area contributed by atoms with Gasteiger partial charge in [0.25, 0.3) is 5.56 Å². The molecule has 7 heteroatoms. The highest BCUT2D eigenvalue weighted by molar-refractivity contribution is 5.78. The molecule has 0 unspecified atom stereocenters. The average Bonchev–Trinajstić information content (AvgIpc) is 2.77. The van der Waals surface area contributed by atoms with Crippen LogP contribution in [0, 0.1) is 0 Å². The van der Waals surface area contributed by atoms with Crippen LogP contribution in [0.25, 0.3) is 10.9 Å². The van der Waals surface area contributed by atoms with E-state index in [1.165, 1.54) is 4.57 Å². The maximum atomic E-state index is 13.4. The minimum Gasteiger partial charge on any atom is -0.493 e. The lowest BCUT2D eigenvalue weighted by atomic mass is 10.1. The quantitative estimate of drug-likeness (QED) is 0.717. The van der Waals surface area contributed by atoms with E-state index in [0.29, 0.717) is 22.4 Å². The van der Waals surface area contributed by atoms with E-state index >= 15 is 0 Å². The lowest BCUT2D eigenvalue weighted by Crippen LogP contribution is -2.43. The molecular weight excluding hydrogens is 370 g/mol. The van der Waals surface area contributed by atoms with Crippen molar-refractivity contribution in [1.82, 2.24) is 14.5 Å². The smallest absolute Gasteiger partial charge is 0.332 e. The van der Waals surface area contributed by atoms with Gasteiger partial charge in [0.15, 0.2) is 11.5 Å². The van der Waals surface area contributed by atoms with E-state index in [1.54, 1.807) is 37.0 Å². The summed E-state index contributed by atoms with van der Waals surface area (Å²) in [5.41, 5.74) is 0.966. The van der Waals surface area contributed by atoms with Crippen LogP contribution in [0.5, 0.6) is 11.5 Å². The van der Waals surface area contributed by atoms with Crippen molar-refractivity contribution in [3.63, 3.8) is 0 Å². The molecule has 1 N–H and O–H groups in total. The van der Waals surface area contributed by atoms with Crippen molar-refractivity contribution in [3.8, 4) is 11.5 Å². The molecule has 152 valence electrons. The summed E-state index contributed by atoms with van der Waals surface area (Å²) >= 11 is 0. The lowest BCUT2D eigenvalue weighted by Gasteiger charge is -2.27. The molecule has 1 fully saturated rings. The highest BCUT2D eigenvalue weighted by Crippen LogP contribution is 2.28. The Morgan fingerprint density at radius 3 is 2.45 bits per heavy atom. The van der Waals surface area contributed by atoms with Crippen molar-refractivity contribution < 1.29 is 9.47 Å². The number of benzene rings is 2. The lowest BCUT2D eigenvalue weighted by molar-refractivity contribution is 0.353. The van der Waals surface area contributed by atoms with Crippen LogP contribution in [0.15, 0.2) is 52.1 Å². The second kappa shape index (κ2) is 8.13. The predicted octanol–water partition coefficient (Wildman–Crippen LogP) is 2.15. The molecule has 1 aromatic heterocycles. The summed E-state index contributed by atoms with van der Waals surface area (Å²) < 4.78 is 13.8. The van der Waals surface area contributed by atoms with Gasteiger partial charge in [0.1, 0.15) is 0 Å². The fourth-order valence-corrected chi connectivity index (χ4v) is 4.05. The number of hydrogen-bond donors (Lipinski definition) is 1. The summed E-state index contributed by atoms with van der Waals surface area (Å²) in [6, 6.07) is 12.9. The Kier molecular flexibility index (Phi) is 5.40. The van der Waals surface area contributed by atoms with E-state index in [2.05, 4.69) is 5.32 Å². The zero-order chi connectivity index (χ0) is 20.4. The molecule has 0 aliphatic carbocycles. The minimum atomic E-state index is -0.273. The van der Waals surface area contributed by atoms with Gasteiger partial charge in [-0.05, 0) is 55.8 Å². The normalized spacial score (nSPS) is 14.8. The largest absolute Gasteiger partial charge is 0.493 e. The van der Waals surface area contributed by atoms with Crippen molar-refractivity contribution >= 4 is 10.9 Å². The van der Waals surface area contributed by atoms with E-state index in [9.17, 15) is 9.59 Å². The third-order valence-corrected chi connectivity index (χ3v) is 5.54. The molecule has 0 bridgehead atoms. The van der Waals surface area contributed by atoms with E-state index in [0.717, 1.165) is 31.5 Å². The van der Waals surface area contributed by atoms with E-state index < -0.39 is 0 Å². The van der Waals surface area contributed by atoms with Gasteiger partial charge in [0.05, 0.1) is 31.7 Å². The molecule has 29 heavy (non-hydrogen) atoms. The van der Waals surface area contributed by atoms with E-state index in [4.69, 9.17) is 9.47 Å². The Balaban J connectivity index is 1.87. The van der Waals surface area contributed by atoms with E-state index in [-0.39, 0.29) is 23.8 Å². The van der Waals surface area contributed by atoms with Crippen molar-refractivity contribution in [2.45, 2.75) is 25.4 Å². The van der Waals surface area contributed by atoms with Gasteiger partial charge in [0, 0.05) is 6.04 Å². The summed E-state index contributed by atoms with van der Waals surface area (Å²) in [6.07, 6.45) is 1.72. The first-order valence-corrected chi connectivity index (χ1v) is 9.79. The Hall–Kier alpha value is -3.06. The first kappa shape index (κ1) is 19.3. The topological polar surface area (TPSA) is 74.5 Å². The summed E-state index contributed by atoms with van der Waals surface area (Å²) in [5.74, 6) is 1.17. The molecule has 0 amide bonds. The molecule has 7 nitrogen and oxygen atoms in total. The molecule has 3 aromatic rings. The number of hydrogen-bond acceptors (Lipinski definition) is 5. The SMILES string of the molecule is COc1ccc(Cn2c(=O)c3ccccc3n(C3CCNCC3)c2=O)cc1OC. The van der Waals surface area contributed by atoms with Crippen LogP contribution in [0.1, 0.15) is 24.4 Å². The first-order valence-electron chi connectivity index (χ1n) is 9.79. The van der Waals surface area contributed by atoms with Crippen LogP contribution in [0.2, 0.25) is 0 Å². The van der Waals surface area contributed by atoms with Gasteiger partial charge in [-0.2, -0.15) is 0 Å². The molecule has 2 heterocycles. The van der Waals surface area contributed by atoms with Crippen LogP contribution < -0.4 is 26.0 Å². The summed E-state index contributed by atoms with van der Waals surface area (Å²) in [7, 11) is 3.14. The number of para-hydroxylation sites is 1. The van der Waals surface area contributed by atoms with Gasteiger partial charge < -0.3 is 14.8 Å². The minimum absolute atomic E-state index is 0.0749. The number of nitrogens with one attached hydrogen (secondary N) is 1. The highest BCUT2D eigenvalue weighted by Gasteiger charge is 2.22. The Bertz CT molecular complexity index is 1140. The monoisotopic (exact) mass is 395 g/mol. The maximum absolute atomic E-state index is 13.4. The fraction of sp³-hybridized carbons (Fsp3) is 0.364. The number of rotatable bonds is 5. The number of ether oxygens (including phenoxy) is 2. The molecule has 1 aliphatic rings. The third kappa shape index (κ3) is 3.53. The fourth-order valence-electron chi connectivity index (χ4n) is 4.05. The molecule has 0 atom stereocenters. The third-order valence-electron chi connectivity index (χ3n) is 5.54. The second-order valence-electron chi connectivity index (χ2n) is 7.23. The highest BCUT2D eigenvalue weighted by atomic mass is 16.5. The molecule has 0 radical (unpaired) electrons. The van der Waals surface area contributed by atoms with Gasteiger partial charge in [-0.3, -0.25) is 13.9 Å². The zero-order valence-electron chi connectivity index (χ0n) is 16.7. The Morgan fingerprint density at radius 2 is 1.72 bits per heavy atom.